The summed E-state index contributed by atoms with van der Waals surface area (Å²) in [6.45, 7) is 1.76. The number of hydrogen-bond acceptors (Lipinski definition) is 4. The second-order valence-corrected chi connectivity index (χ2v) is 4.21. The van der Waals surface area contributed by atoms with Gasteiger partial charge in [-0.05, 0) is 20.0 Å². The summed E-state index contributed by atoms with van der Waals surface area (Å²) in [5, 5.41) is 13.9. The SMILES string of the molecule is CNCCCn1ccnc1-c1cccc([N+](=O)[O-])c1. The van der Waals surface area contributed by atoms with Crippen LogP contribution in [-0.2, 0) is 6.54 Å². The van der Waals surface area contributed by atoms with Gasteiger partial charge in [-0.15, -0.1) is 0 Å². The lowest BCUT2D eigenvalue weighted by molar-refractivity contribution is -0.384. The number of nitro benzene ring substituents is 1. The lowest BCUT2D eigenvalue weighted by Gasteiger charge is -2.07. The zero-order valence-electron chi connectivity index (χ0n) is 10.7. The quantitative estimate of drug-likeness (QED) is 0.490. The van der Waals surface area contributed by atoms with Crippen molar-refractivity contribution in [3.8, 4) is 11.4 Å². The topological polar surface area (TPSA) is 73.0 Å². The van der Waals surface area contributed by atoms with E-state index in [1.54, 1.807) is 18.3 Å². The Hall–Kier alpha value is -2.21. The van der Waals surface area contributed by atoms with Gasteiger partial charge < -0.3 is 9.88 Å². The van der Waals surface area contributed by atoms with Crippen molar-refractivity contribution in [1.29, 1.82) is 0 Å². The summed E-state index contributed by atoms with van der Waals surface area (Å²) in [6.07, 6.45) is 4.59. The monoisotopic (exact) mass is 260 g/mol. The van der Waals surface area contributed by atoms with Crippen LogP contribution in [-0.4, -0.2) is 28.1 Å². The maximum Gasteiger partial charge on any atom is 0.270 e. The molecule has 0 aliphatic carbocycles. The number of nitro groups is 1. The van der Waals surface area contributed by atoms with Gasteiger partial charge in [0.2, 0.25) is 0 Å². The molecular weight excluding hydrogens is 244 g/mol. The van der Waals surface area contributed by atoms with Crippen LogP contribution in [0, 0.1) is 10.1 Å². The van der Waals surface area contributed by atoms with Crippen LogP contribution in [0.15, 0.2) is 36.7 Å². The highest BCUT2D eigenvalue weighted by Crippen LogP contribution is 2.22. The van der Waals surface area contributed by atoms with Gasteiger partial charge in [-0.1, -0.05) is 12.1 Å². The molecule has 0 spiro atoms. The lowest BCUT2D eigenvalue weighted by atomic mass is 10.2. The van der Waals surface area contributed by atoms with Crippen molar-refractivity contribution >= 4 is 5.69 Å². The Bertz CT molecular complexity index is 565. The van der Waals surface area contributed by atoms with E-state index >= 15 is 0 Å². The zero-order chi connectivity index (χ0) is 13.7. The Morgan fingerprint density at radius 2 is 2.32 bits per heavy atom. The summed E-state index contributed by atoms with van der Waals surface area (Å²) in [4.78, 5) is 14.7. The predicted octanol–water partition coefficient (Wildman–Crippen LogP) is 2.07. The average molecular weight is 260 g/mol. The van der Waals surface area contributed by atoms with Crippen molar-refractivity contribution in [2.24, 2.45) is 0 Å². The molecule has 0 saturated heterocycles. The Balaban J connectivity index is 2.24. The minimum Gasteiger partial charge on any atom is -0.331 e. The minimum absolute atomic E-state index is 0.0854. The molecule has 2 rings (SSSR count). The van der Waals surface area contributed by atoms with E-state index in [1.807, 2.05) is 23.9 Å². The molecule has 1 aromatic heterocycles. The summed E-state index contributed by atoms with van der Waals surface area (Å²) >= 11 is 0. The van der Waals surface area contributed by atoms with E-state index < -0.39 is 4.92 Å². The van der Waals surface area contributed by atoms with Gasteiger partial charge in [0.15, 0.2) is 0 Å². The molecule has 0 aliphatic rings. The van der Waals surface area contributed by atoms with Crippen LogP contribution in [0.3, 0.4) is 0 Å². The summed E-state index contributed by atoms with van der Waals surface area (Å²) in [5.41, 5.74) is 0.853. The summed E-state index contributed by atoms with van der Waals surface area (Å²) in [6, 6.07) is 6.55. The zero-order valence-corrected chi connectivity index (χ0v) is 10.7. The average Bonchev–Trinajstić information content (AvgIpc) is 2.87. The summed E-state index contributed by atoms with van der Waals surface area (Å²) in [5.74, 6) is 0.764. The second-order valence-electron chi connectivity index (χ2n) is 4.21. The molecule has 0 radical (unpaired) electrons. The first-order valence-electron chi connectivity index (χ1n) is 6.13. The van der Waals surface area contributed by atoms with E-state index in [9.17, 15) is 10.1 Å². The van der Waals surface area contributed by atoms with Gasteiger partial charge in [0, 0.05) is 36.6 Å². The van der Waals surface area contributed by atoms with E-state index in [4.69, 9.17) is 0 Å². The van der Waals surface area contributed by atoms with Crippen LogP contribution >= 0.6 is 0 Å². The molecule has 0 bridgehead atoms. The maximum absolute atomic E-state index is 10.8. The number of nitrogens with zero attached hydrogens (tertiary/aromatic N) is 3. The molecule has 0 saturated carbocycles. The molecule has 1 heterocycles. The van der Waals surface area contributed by atoms with Gasteiger partial charge in [-0.2, -0.15) is 0 Å². The highest BCUT2D eigenvalue weighted by atomic mass is 16.6. The largest absolute Gasteiger partial charge is 0.331 e. The first-order valence-corrected chi connectivity index (χ1v) is 6.13. The fourth-order valence-electron chi connectivity index (χ4n) is 1.93. The van der Waals surface area contributed by atoms with Crippen molar-refractivity contribution in [3.05, 3.63) is 46.8 Å². The van der Waals surface area contributed by atoms with Gasteiger partial charge in [0.1, 0.15) is 5.82 Å². The Labute approximate surface area is 111 Å². The molecule has 1 N–H and O–H groups in total. The van der Waals surface area contributed by atoms with Crippen molar-refractivity contribution in [2.75, 3.05) is 13.6 Å². The van der Waals surface area contributed by atoms with Gasteiger partial charge in [0.25, 0.3) is 5.69 Å². The molecule has 100 valence electrons. The number of nitrogens with one attached hydrogen (secondary N) is 1. The molecule has 2 aromatic rings. The van der Waals surface area contributed by atoms with E-state index in [1.165, 1.54) is 6.07 Å². The lowest BCUT2D eigenvalue weighted by Crippen LogP contribution is -2.11. The Kier molecular flexibility index (Phi) is 4.25. The number of aromatic nitrogens is 2. The molecule has 0 amide bonds. The van der Waals surface area contributed by atoms with Crippen LogP contribution in [0.4, 0.5) is 5.69 Å². The number of aryl methyl sites for hydroxylation is 1. The molecule has 0 aliphatic heterocycles. The smallest absolute Gasteiger partial charge is 0.270 e. The Morgan fingerprint density at radius 1 is 1.47 bits per heavy atom. The van der Waals surface area contributed by atoms with E-state index in [0.717, 1.165) is 30.9 Å². The normalized spacial score (nSPS) is 10.6. The first-order chi connectivity index (χ1) is 9.22. The number of non-ortho nitro benzene ring substituents is 1. The van der Waals surface area contributed by atoms with Crippen molar-refractivity contribution in [1.82, 2.24) is 14.9 Å². The van der Waals surface area contributed by atoms with E-state index in [2.05, 4.69) is 10.3 Å². The van der Waals surface area contributed by atoms with E-state index in [0.29, 0.717) is 0 Å². The molecule has 0 unspecified atom stereocenters. The summed E-state index contributed by atoms with van der Waals surface area (Å²) in [7, 11) is 1.91. The number of hydrogen-bond donors (Lipinski definition) is 1. The van der Waals surface area contributed by atoms with Crippen LogP contribution < -0.4 is 5.32 Å². The highest BCUT2D eigenvalue weighted by molar-refractivity contribution is 5.59. The van der Waals surface area contributed by atoms with Gasteiger partial charge in [0.05, 0.1) is 4.92 Å². The van der Waals surface area contributed by atoms with Crippen LogP contribution in [0.1, 0.15) is 6.42 Å². The molecular formula is C13H16N4O2. The highest BCUT2D eigenvalue weighted by Gasteiger charge is 2.10. The third kappa shape index (κ3) is 3.17. The molecule has 0 fully saturated rings. The van der Waals surface area contributed by atoms with E-state index in [-0.39, 0.29) is 5.69 Å². The molecule has 6 nitrogen and oxygen atoms in total. The van der Waals surface area contributed by atoms with Crippen LogP contribution in [0.2, 0.25) is 0 Å². The second kappa shape index (κ2) is 6.10. The van der Waals surface area contributed by atoms with Crippen LogP contribution in [0.5, 0.6) is 0 Å². The summed E-state index contributed by atoms with van der Waals surface area (Å²) < 4.78 is 2.01. The van der Waals surface area contributed by atoms with Gasteiger partial charge >= 0.3 is 0 Å². The van der Waals surface area contributed by atoms with Crippen molar-refractivity contribution < 1.29 is 4.92 Å². The fourth-order valence-corrected chi connectivity index (χ4v) is 1.93. The first kappa shape index (κ1) is 13.2. The Morgan fingerprint density at radius 3 is 3.05 bits per heavy atom. The molecule has 6 heteroatoms. The van der Waals surface area contributed by atoms with Crippen molar-refractivity contribution in [2.45, 2.75) is 13.0 Å². The third-order valence-corrected chi connectivity index (χ3v) is 2.86. The van der Waals surface area contributed by atoms with Gasteiger partial charge in [-0.25, -0.2) is 4.98 Å². The predicted molar refractivity (Wildman–Crippen MR) is 72.9 cm³/mol. The molecule has 1 aromatic carbocycles. The molecule has 19 heavy (non-hydrogen) atoms. The van der Waals surface area contributed by atoms with Crippen LogP contribution in [0.25, 0.3) is 11.4 Å². The third-order valence-electron chi connectivity index (χ3n) is 2.86. The number of rotatable bonds is 6. The van der Waals surface area contributed by atoms with Crippen molar-refractivity contribution in [3.63, 3.8) is 0 Å². The minimum atomic E-state index is -0.391. The maximum atomic E-state index is 10.8. The number of benzene rings is 1. The fraction of sp³-hybridized carbons (Fsp3) is 0.308. The molecule has 0 atom stereocenters. The number of imidazole rings is 1. The standard InChI is InChI=1S/C13H16N4O2/c1-14-6-3-8-16-9-7-15-13(16)11-4-2-5-12(10-11)17(18)19/h2,4-5,7,9-10,14H,3,6,8H2,1H3. The van der Waals surface area contributed by atoms with Gasteiger partial charge in [-0.3, -0.25) is 10.1 Å².